The van der Waals surface area contributed by atoms with Gasteiger partial charge in [-0.05, 0) is 18.1 Å². The monoisotopic (exact) mass is 549 g/mol. The minimum atomic E-state index is -1.36. The SMILES string of the molecule is CC(C(=O)OCC(=O)c1ccc(-c2ccccc2)cc1)N1C(=O)c2c(Cl)c(Cl)c(Cl)c(Cl)c2C1=O. The molecule has 6 nitrogen and oxygen atoms in total. The number of hydrogen-bond acceptors (Lipinski definition) is 5. The average Bonchev–Trinajstić information content (AvgIpc) is 3.14. The molecule has 1 aliphatic heterocycles. The number of benzene rings is 3. The molecule has 0 aliphatic carbocycles. The fourth-order valence-corrected chi connectivity index (χ4v) is 4.66. The van der Waals surface area contributed by atoms with Crippen molar-refractivity contribution in [1.29, 1.82) is 0 Å². The van der Waals surface area contributed by atoms with Gasteiger partial charge in [-0.15, -0.1) is 0 Å². The van der Waals surface area contributed by atoms with Gasteiger partial charge in [0.25, 0.3) is 11.8 Å². The first-order chi connectivity index (χ1) is 16.6. The first-order valence-corrected chi connectivity index (χ1v) is 11.7. The summed E-state index contributed by atoms with van der Waals surface area (Å²) < 4.78 is 5.10. The van der Waals surface area contributed by atoms with E-state index in [1.165, 1.54) is 6.92 Å². The topological polar surface area (TPSA) is 80.8 Å². The van der Waals surface area contributed by atoms with Crippen LogP contribution < -0.4 is 0 Å². The maximum Gasteiger partial charge on any atom is 0.329 e. The summed E-state index contributed by atoms with van der Waals surface area (Å²) in [6.45, 7) is 0.713. The molecule has 3 aromatic rings. The second-order valence-electron chi connectivity index (χ2n) is 7.64. The third kappa shape index (κ3) is 4.55. The van der Waals surface area contributed by atoms with Gasteiger partial charge in [0.2, 0.25) is 0 Å². The van der Waals surface area contributed by atoms with Gasteiger partial charge in [0.15, 0.2) is 12.4 Å². The van der Waals surface area contributed by atoms with E-state index in [2.05, 4.69) is 0 Å². The van der Waals surface area contributed by atoms with Gasteiger partial charge < -0.3 is 4.74 Å². The van der Waals surface area contributed by atoms with Crippen LogP contribution in [-0.2, 0) is 9.53 Å². The van der Waals surface area contributed by atoms with E-state index >= 15 is 0 Å². The number of hydrogen-bond donors (Lipinski definition) is 0. The minimum Gasteiger partial charge on any atom is -0.456 e. The van der Waals surface area contributed by atoms with Crippen molar-refractivity contribution in [3.63, 3.8) is 0 Å². The summed E-state index contributed by atoms with van der Waals surface area (Å²) in [6, 6.07) is 15.1. The highest BCUT2D eigenvalue weighted by atomic mass is 35.5. The molecule has 0 saturated heterocycles. The largest absolute Gasteiger partial charge is 0.456 e. The van der Waals surface area contributed by atoms with Crippen molar-refractivity contribution in [3.05, 3.63) is 91.4 Å². The van der Waals surface area contributed by atoms with Crippen LogP contribution in [0, 0.1) is 0 Å². The average molecular weight is 551 g/mol. The fraction of sp³-hybridized carbons (Fsp3) is 0.120. The molecule has 178 valence electrons. The number of carbonyl (C=O) groups is 4. The summed E-state index contributed by atoms with van der Waals surface area (Å²) in [5.74, 6) is -3.15. The van der Waals surface area contributed by atoms with Crippen LogP contribution in [0.3, 0.4) is 0 Å². The highest BCUT2D eigenvalue weighted by Gasteiger charge is 2.45. The predicted molar refractivity (Wildman–Crippen MR) is 134 cm³/mol. The van der Waals surface area contributed by atoms with Crippen LogP contribution in [0.4, 0.5) is 0 Å². The highest BCUT2D eigenvalue weighted by Crippen LogP contribution is 2.45. The lowest BCUT2D eigenvalue weighted by molar-refractivity contribution is -0.146. The molecule has 0 radical (unpaired) electrons. The zero-order valence-electron chi connectivity index (χ0n) is 18.0. The number of fused-ring (bicyclic) bond motifs is 1. The molecule has 0 spiro atoms. The Labute approximate surface area is 220 Å². The summed E-state index contributed by atoms with van der Waals surface area (Å²) in [5.41, 5.74) is 1.77. The molecule has 1 atom stereocenters. The maximum atomic E-state index is 12.9. The normalized spacial score (nSPS) is 13.6. The van der Waals surface area contributed by atoms with Gasteiger partial charge in [0.1, 0.15) is 6.04 Å². The number of amides is 2. The zero-order valence-corrected chi connectivity index (χ0v) is 21.0. The number of halogens is 4. The minimum absolute atomic E-state index is 0.181. The number of Topliss-reactive ketones (excluding diaryl/α,β-unsaturated/α-hetero) is 1. The third-order valence-electron chi connectivity index (χ3n) is 5.52. The Bertz CT molecular complexity index is 1330. The number of carbonyl (C=O) groups excluding carboxylic acids is 4. The number of esters is 1. The van der Waals surface area contributed by atoms with E-state index in [-0.39, 0.29) is 31.2 Å². The zero-order chi connectivity index (χ0) is 25.4. The Morgan fingerprint density at radius 2 is 1.26 bits per heavy atom. The molecular formula is C25H15Cl4NO5. The molecule has 35 heavy (non-hydrogen) atoms. The lowest BCUT2D eigenvalue weighted by Crippen LogP contribution is -2.44. The second-order valence-corrected chi connectivity index (χ2v) is 9.15. The van der Waals surface area contributed by atoms with E-state index in [1.54, 1.807) is 24.3 Å². The standard InChI is InChI=1S/C25H15Cl4NO5/c1-12(30-23(32)17-18(24(30)33)20(27)22(29)21(28)19(17)26)25(34)35-11-16(31)15-9-7-14(8-10-15)13-5-3-2-4-6-13/h2-10,12H,11H2,1H3. The van der Waals surface area contributed by atoms with Gasteiger partial charge in [0, 0.05) is 5.56 Å². The quantitative estimate of drug-likeness (QED) is 0.117. The Kier molecular flexibility index (Phi) is 7.20. The van der Waals surface area contributed by atoms with Crippen molar-refractivity contribution in [1.82, 2.24) is 4.90 Å². The van der Waals surface area contributed by atoms with E-state index in [0.717, 1.165) is 11.1 Å². The summed E-state index contributed by atoms with van der Waals surface area (Å²) in [4.78, 5) is 51.6. The van der Waals surface area contributed by atoms with E-state index < -0.39 is 36.2 Å². The number of ketones is 1. The predicted octanol–water partition coefficient (Wildman–Crippen LogP) is 6.38. The second kappa shape index (κ2) is 9.99. The van der Waals surface area contributed by atoms with Crippen LogP contribution in [0.2, 0.25) is 20.1 Å². The van der Waals surface area contributed by atoms with Crippen molar-refractivity contribution >= 4 is 70.0 Å². The summed E-state index contributed by atoms with van der Waals surface area (Å²) in [6.07, 6.45) is 0. The molecular weight excluding hydrogens is 536 g/mol. The number of ether oxygens (including phenoxy) is 1. The third-order valence-corrected chi connectivity index (χ3v) is 7.32. The van der Waals surface area contributed by atoms with Gasteiger partial charge in [-0.3, -0.25) is 19.3 Å². The smallest absolute Gasteiger partial charge is 0.329 e. The van der Waals surface area contributed by atoms with Crippen LogP contribution >= 0.6 is 46.4 Å². The maximum absolute atomic E-state index is 12.9. The van der Waals surface area contributed by atoms with Gasteiger partial charge in [0.05, 0.1) is 31.2 Å². The lowest BCUT2D eigenvalue weighted by Gasteiger charge is -2.20. The number of nitrogens with zero attached hydrogens (tertiary/aromatic N) is 1. The summed E-state index contributed by atoms with van der Waals surface area (Å²) in [7, 11) is 0. The molecule has 1 aliphatic rings. The first kappa shape index (κ1) is 25.2. The summed E-state index contributed by atoms with van der Waals surface area (Å²) in [5, 5.41) is -0.850. The molecule has 0 bridgehead atoms. The van der Waals surface area contributed by atoms with Crippen molar-refractivity contribution in [2.75, 3.05) is 6.61 Å². The van der Waals surface area contributed by atoms with Crippen molar-refractivity contribution in [2.24, 2.45) is 0 Å². The molecule has 10 heteroatoms. The van der Waals surface area contributed by atoms with Crippen LogP contribution in [0.1, 0.15) is 38.0 Å². The fourth-order valence-electron chi connectivity index (χ4n) is 3.64. The van der Waals surface area contributed by atoms with E-state index in [1.807, 2.05) is 30.3 Å². The van der Waals surface area contributed by atoms with Crippen molar-refractivity contribution in [2.45, 2.75) is 13.0 Å². The first-order valence-electron chi connectivity index (χ1n) is 10.2. The van der Waals surface area contributed by atoms with Crippen LogP contribution in [0.25, 0.3) is 11.1 Å². The van der Waals surface area contributed by atoms with E-state index in [4.69, 9.17) is 51.1 Å². The number of rotatable bonds is 6. The van der Waals surface area contributed by atoms with Gasteiger partial charge in [-0.25, -0.2) is 4.79 Å². The molecule has 1 heterocycles. The molecule has 0 fully saturated rings. The Morgan fingerprint density at radius 3 is 1.77 bits per heavy atom. The Balaban J connectivity index is 1.45. The lowest BCUT2D eigenvalue weighted by atomic mass is 10.0. The Hall–Kier alpha value is -2.90. The van der Waals surface area contributed by atoms with Crippen LogP contribution in [-0.4, -0.2) is 41.1 Å². The molecule has 2 amide bonds. The number of imide groups is 1. The summed E-state index contributed by atoms with van der Waals surface area (Å²) >= 11 is 24.2. The molecule has 3 aromatic carbocycles. The molecule has 0 aromatic heterocycles. The van der Waals surface area contributed by atoms with Crippen molar-refractivity contribution < 1.29 is 23.9 Å². The van der Waals surface area contributed by atoms with Crippen molar-refractivity contribution in [3.8, 4) is 11.1 Å². The van der Waals surface area contributed by atoms with E-state index in [0.29, 0.717) is 10.5 Å². The molecule has 0 saturated carbocycles. The molecule has 1 unspecified atom stereocenters. The van der Waals surface area contributed by atoms with Crippen LogP contribution in [0.15, 0.2) is 54.6 Å². The van der Waals surface area contributed by atoms with Gasteiger partial charge in [-0.1, -0.05) is 101 Å². The van der Waals surface area contributed by atoms with Crippen LogP contribution in [0.5, 0.6) is 0 Å². The molecule has 0 N–H and O–H groups in total. The Morgan fingerprint density at radius 1 is 0.771 bits per heavy atom. The molecule has 4 rings (SSSR count). The van der Waals surface area contributed by atoms with E-state index in [9.17, 15) is 19.2 Å². The van der Waals surface area contributed by atoms with Gasteiger partial charge in [-0.2, -0.15) is 0 Å². The van der Waals surface area contributed by atoms with Gasteiger partial charge >= 0.3 is 5.97 Å². The highest BCUT2D eigenvalue weighted by molar-refractivity contribution is 6.55.